The number of morpholine rings is 2. The van der Waals surface area contributed by atoms with Gasteiger partial charge in [-0.2, -0.15) is 0 Å². The summed E-state index contributed by atoms with van der Waals surface area (Å²) in [5, 5.41) is 2.09. The molecule has 4 aromatic heterocycles. The number of pyridine rings is 2. The predicted octanol–water partition coefficient (Wildman–Crippen LogP) is 6.41. The van der Waals surface area contributed by atoms with Crippen LogP contribution >= 0.6 is 0 Å². The number of benzene rings is 2. The number of ether oxygens (including phenoxy) is 2. The molecule has 56 heavy (non-hydrogen) atoms. The third-order valence-electron chi connectivity index (χ3n) is 9.74. The summed E-state index contributed by atoms with van der Waals surface area (Å²) in [7, 11) is 3.76. The Morgan fingerprint density at radius 1 is 0.571 bits per heavy atom. The first-order valence-electron chi connectivity index (χ1n) is 18.9. The molecule has 0 saturated carbocycles. The highest BCUT2D eigenvalue weighted by atomic mass is 19.1. The fraction of sp³-hybridized carbons (Fsp3) is 0.318. The lowest BCUT2D eigenvalue weighted by atomic mass is 10.2. The molecular formula is C44H46F2N8O2. The molecule has 0 atom stereocenters. The highest BCUT2D eigenvalue weighted by Crippen LogP contribution is 2.22. The van der Waals surface area contributed by atoms with E-state index < -0.39 is 0 Å². The van der Waals surface area contributed by atoms with Crippen molar-refractivity contribution in [2.75, 3.05) is 113 Å². The van der Waals surface area contributed by atoms with E-state index in [2.05, 4.69) is 55.6 Å². The molecule has 0 bridgehead atoms. The van der Waals surface area contributed by atoms with E-state index in [1.54, 1.807) is 0 Å². The van der Waals surface area contributed by atoms with Crippen molar-refractivity contribution < 1.29 is 18.3 Å². The Kier molecular flexibility index (Phi) is 12.6. The van der Waals surface area contributed by atoms with Gasteiger partial charge in [0.1, 0.15) is 36.3 Å². The quantitative estimate of drug-likeness (QED) is 0.173. The van der Waals surface area contributed by atoms with Crippen LogP contribution in [0.4, 0.5) is 31.8 Å². The number of rotatable bonds is 8. The van der Waals surface area contributed by atoms with Gasteiger partial charge in [-0.15, -0.1) is 0 Å². The highest BCUT2D eigenvalue weighted by Gasteiger charge is 2.15. The zero-order valence-corrected chi connectivity index (χ0v) is 31.8. The maximum absolute atomic E-state index is 12.5. The van der Waals surface area contributed by atoms with Gasteiger partial charge in [-0.1, -0.05) is 11.8 Å². The van der Waals surface area contributed by atoms with E-state index in [0.29, 0.717) is 13.1 Å². The van der Waals surface area contributed by atoms with Crippen molar-refractivity contribution in [3.05, 3.63) is 107 Å². The van der Waals surface area contributed by atoms with Crippen molar-refractivity contribution in [1.82, 2.24) is 19.9 Å². The zero-order chi connectivity index (χ0) is 38.7. The Balaban J connectivity index is 0.000000172. The van der Waals surface area contributed by atoms with Gasteiger partial charge in [-0.3, -0.25) is 0 Å². The monoisotopic (exact) mass is 756 g/mol. The van der Waals surface area contributed by atoms with E-state index in [4.69, 9.17) is 19.4 Å². The molecule has 0 spiro atoms. The van der Waals surface area contributed by atoms with Gasteiger partial charge in [-0.05, 0) is 96.8 Å². The smallest absolute Gasteiger partial charge is 0.140 e. The Hall–Kier alpha value is -6.08. The number of nitrogens with zero attached hydrogens (tertiary/aromatic N) is 6. The van der Waals surface area contributed by atoms with Crippen LogP contribution in [0.2, 0.25) is 0 Å². The molecule has 0 aliphatic carbocycles. The third kappa shape index (κ3) is 9.77. The van der Waals surface area contributed by atoms with Gasteiger partial charge in [0.05, 0.1) is 37.8 Å². The molecule has 2 aliphatic heterocycles. The minimum absolute atomic E-state index is 0.361. The molecule has 0 unspecified atom stereocenters. The SMILES string of the molecule is CN(CCF)c1ccc(C#Cc2cc3ccc(N4CCOCC4)nc3[nH]2)cc1.CN(CCF)c1ccc(C#Cc2cc3ccc(N4CCOCC4)nc3[nH]2)cc1. The maximum atomic E-state index is 12.5. The fourth-order valence-corrected chi connectivity index (χ4v) is 6.45. The summed E-state index contributed by atoms with van der Waals surface area (Å²) in [4.78, 5) is 24.3. The summed E-state index contributed by atoms with van der Waals surface area (Å²) in [6.07, 6.45) is 0. The molecule has 2 N–H and O–H groups in total. The van der Waals surface area contributed by atoms with Gasteiger partial charge in [0.15, 0.2) is 0 Å². The fourth-order valence-electron chi connectivity index (χ4n) is 6.45. The van der Waals surface area contributed by atoms with Gasteiger partial charge in [0, 0.05) is 86.6 Å². The number of fused-ring (bicyclic) bond motifs is 2. The van der Waals surface area contributed by atoms with Crippen molar-refractivity contribution in [2.45, 2.75) is 0 Å². The van der Waals surface area contributed by atoms with E-state index in [9.17, 15) is 8.78 Å². The number of hydrogen-bond acceptors (Lipinski definition) is 8. The van der Waals surface area contributed by atoms with Crippen molar-refractivity contribution in [3.63, 3.8) is 0 Å². The van der Waals surface area contributed by atoms with E-state index in [0.717, 1.165) is 120 Å². The van der Waals surface area contributed by atoms with E-state index in [1.165, 1.54) is 0 Å². The van der Waals surface area contributed by atoms with Crippen molar-refractivity contribution in [1.29, 1.82) is 0 Å². The molecule has 8 rings (SSSR count). The van der Waals surface area contributed by atoms with Crippen LogP contribution in [0.3, 0.4) is 0 Å². The van der Waals surface area contributed by atoms with Crippen LogP contribution < -0.4 is 19.6 Å². The Labute approximate surface area is 326 Å². The number of alkyl halides is 2. The average Bonchev–Trinajstić information content (AvgIpc) is 3.86. The van der Waals surface area contributed by atoms with Gasteiger partial charge in [0.2, 0.25) is 0 Å². The molecule has 2 saturated heterocycles. The molecule has 10 nitrogen and oxygen atoms in total. The first-order chi connectivity index (χ1) is 27.4. The lowest BCUT2D eigenvalue weighted by Gasteiger charge is -2.27. The molecule has 0 amide bonds. The molecule has 12 heteroatoms. The summed E-state index contributed by atoms with van der Waals surface area (Å²) in [6, 6.07) is 27.9. The second kappa shape index (κ2) is 18.5. The van der Waals surface area contributed by atoms with Gasteiger partial charge >= 0.3 is 0 Å². The lowest BCUT2D eigenvalue weighted by molar-refractivity contribution is 0.122. The number of hydrogen-bond donors (Lipinski definition) is 2. The second-order valence-electron chi connectivity index (χ2n) is 13.6. The van der Waals surface area contributed by atoms with Gasteiger partial charge in [-0.25, -0.2) is 18.7 Å². The van der Waals surface area contributed by atoms with E-state index in [1.807, 2.05) is 96.7 Å². The summed E-state index contributed by atoms with van der Waals surface area (Å²) in [5.41, 5.74) is 7.15. The van der Waals surface area contributed by atoms with Gasteiger partial charge in [0.25, 0.3) is 0 Å². The van der Waals surface area contributed by atoms with Crippen LogP contribution in [-0.4, -0.2) is 113 Å². The molecular weight excluding hydrogens is 711 g/mol. The van der Waals surface area contributed by atoms with Crippen molar-refractivity contribution >= 4 is 45.1 Å². The van der Waals surface area contributed by atoms with Crippen LogP contribution in [0, 0.1) is 23.7 Å². The van der Waals surface area contributed by atoms with Crippen LogP contribution in [0.15, 0.2) is 84.9 Å². The first-order valence-corrected chi connectivity index (χ1v) is 18.9. The van der Waals surface area contributed by atoms with Crippen LogP contribution in [-0.2, 0) is 9.47 Å². The predicted molar refractivity (Wildman–Crippen MR) is 222 cm³/mol. The molecule has 2 aliphatic rings. The normalized spacial score (nSPS) is 14.0. The van der Waals surface area contributed by atoms with Crippen molar-refractivity contribution in [3.8, 4) is 23.7 Å². The zero-order valence-electron chi connectivity index (χ0n) is 31.8. The standard InChI is InChI=1S/2C22H23FN4O/c2*1-26(11-10-23)20-7-3-17(4-8-20)2-6-19-16-18-5-9-21(25-22(18)24-19)27-12-14-28-15-13-27/h2*3-5,7-9,16H,10-15H2,1H3,(H,24,25). The number of aromatic amines is 2. The summed E-state index contributed by atoms with van der Waals surface area (Å²) in [6.45, 7) is 6.47. The summed E-state index contributed by atoms with van der Waals surface area (Å²) in [5.74, 6) is 14.6. The largest absolute Gasteiger partial charge is 0.378 e. The highest BCUT2D eigenvalue weighted by molar-refractivity contribution is 5.80. The van der Waals surface area contributed by atoms with Crippen LogP contribution in [0.25, 0.3) is 22.1 Å². The Morgan fingerprint density at radius 3 is 1.34 bits per heavy atom. The Bertz CT molecular complexity index is 2160. The molecule has 6 aromatic rings. The van der Waals surface area contributed by atoms with Gasteiger partial charge < -0.3 is 39.0 Å². The number of H-pyrrole nitrogens is 2. The average molecular weight is 757 g/mol. The van der Waals surface area contributed by atoms with Crippen LogP contribution in [0.5, 0.6) is 0 Å². The Morgan fingerprint density at radius 2 is 0.964 bits per heavy atom. The molecule has 2 fully saturated rings. The molecule has 0 radical (unpaired) electrons. The number of halogens is 2. The number of nitrogens with one attached hydrogen (secondary N) is 2. The molecule has 288 valence electrons. The molecule has 6 heterocycles. The topological polar surface area (TPSA) is 88.8 Å². The van der Waals surface area contributed by atoms with E-state index in [-0.39, 0.29) is 13.3 Å². The summed E-state index contributed by atoms with van der Waals surface area (Å²) >= 11 is 0. The van der Waals surface area contributed by atoms with Crippen LogP contribution in [0.1, 0.15) is 22.5 Å². The van der Waals surface area contributed by atoms with Crippen molar-refractivity contribution in [2.24, 2.45) is 0 Å². The molecule has 2 aromatic carbocycles. The minimum atomic E-state index is -0.361. The second-order valence-corrected chi connectivity index (χ2v) is 13.6. The third-order valence-corrected chi connectivity index (χ3v) is 9.74. The number of aromatic nitrogens is 4. The number of anilines is 4. The maximum Gasteiger partial charge on any atom is 0.140 e. The lowest BCUT2D eigenvalue weighted by Crippen LogP contribution is -2.36. The van der Waals surface area contributed by atoms with E-state index >= 15 is 0 Å². The minimum Gasteiger partial charge on any atom is -0.378 e. The summed E-state index contributed by atoms with van der Waals surface area (Å²) < 4.78 is 35.7. The first kappa shape index (κ1) is 38.2.